The van der Waals surface area contributed by atoms with E-state index < -0.39 is 0 Å². The molecular formula is C21H25ClN2O2. The fourth-order valence-electron chi connectivity index (χ4n) is 3.43. The summed E-state index contributed by atoms with van der Waals surface area (Å²) >= 11 is 5.86. The molecule has 2 unspecified atom stereocenters. The molecule has 2 aromatic rings. The smallest absolute Gasteiger partial charge is 0.260 e. The predicted octanol–water partition coefficient (Wildman–Crippen LogP) is 3.84. The van der Waals surface area contributed by atoms with E-state index in [0.29, 0.717) is 22.9 Å². The van der Waals surface area contributed by atoms with Gasteiger partial charge in [0.05, 0.1) is 0 Å². The van der Waals surface area contributed by atoms with Gasteiger partial charge in [-0.3, -0.25) is 9.69 Å². The van der Waals surface area contributed by atoms with Crippen molar-refractivity contribution in [3.05, 3.63) is 65.2 Å². The van der Waals surface area contributed by atoms with Gasteiger partial charge >= 0.3 is 0 Å². The van der Waals surface area contributed by atoms with Crippen LogP contribution in [0, 0.1) is 0 Å². The molecule has 26 heavy (non-hydrogen) atoms. The van der Waals surface area contributed by atoms with E-state index in [1.807, 2.05) is 11.0 Å². The largest absolute Gasteiger partial charge is 0.484 e. The van der Waals surface area contributed by atoms with Crippen LogP contribution in [-0.2, 0) is 11.3 Å². The zero-order chi connectivity index (χ0) is 18.5. The van der Waals surface area contributed by atoms with Crippen LogP contribution in [0.5, 0.6) is 5.75 Å². The van der Waals surface area contributed by atoms with Crippen molar-refractivity contribution in [2.45, 2.75) is 32.5 Å². The highest BCUT2D eigenvalue weighted by Crippen LogP contribution is 2.20. The minimum absolute atomic E-state index is 0.0259. The predicted molar refractivity (Wildman–Crippen MR) is 104 cm³/mol. The molecule has 0 bridgehead atoms. The van der Waals surface area contributed by atoms with Crippen molar-refractivity contribution in [1.29, 1.82) is 0 Å². The normalized spacial score (nSPS) is 20.8. The van der Waals surface area contributed by atoms with Crippen LogP contribution in [0.3, 0.4) is 0 Å². The maximum absolute atomic E-state index is 12.6. The van der Waals surface area contributed by atoms with Crippen molar-refractivity contribution >= 4 is 17.5 Å². The Labute approximate surface area is 160 Å². The summed E-state index contributed by atoms with van der Waals surface area (Å²) in [5.41, 5.74) is 1.30. The number of hydrogen-bond acceptors (Lipinski definition) is 3. The summed E-state index contributed by atoms with van der Waals surface area (Å²) in [4.78, 5) is 16.9. The molecule has 0 N–H and O–H groups in total. The number of amides is 1. The van der Waals surface area contributed by atoms with Gasteiger partial charge < -0.3 is 9.64 Å². The summed E-state index contributed by atoms with van der Waals surface area (Å²) in [6.45, 7) is 6.77. The number of carbonyl (C=O) groups excluding carboxylic acids is 1. The third-order valence-electron chi connectivity index (χ3n) is 4.84. The van der Waals surface area contributed by atoms with Gasteiger partial charge in [0.25, 0.3) is 5.91 Å². The molecule has 0 saturated carbocycles. The van der Waals surface area contributed by atoms with Gasteiger partial charge in [0.2, 0.25) is 0 Å². The molecule has 1 amide bonds. The summed E-state index contributed by atoms with van der Waals surface area (Å²) in [6, 6.07) is 18.1. The molecule has 3 rings (SSSR count). The molecule has 1 aliphatic rings. The third kappa shape index (κ3) is 4.77. The molecule has 0 aliphatic carbocycles. The fraction of sp³-hybridized carbons (Fsp3) is 0.381. The molecule has 5 heteroatoms. The van der Waals surface area contributed by atoms with Gasteiger partial charge in [-0.25, -0.2) is 0 Å². The van der Waals surface area contributed by atoms with Crippen LogP contribution in [0.25, 0.3) is 0 Å². The van der Waals surface area contributed by atoms with E-state index in [1.54, 1.807) is 24.3 Å². The molecule has 0 radical (unpaired) electrons. The van der Waals surface area contributed by atoms with Crippen LogP contribution in [0.1, 0.15) is 19.4 Å². The SMILES string of the molecule is CC1CN(C(=O)COc2ccc(Cl)cc2)CC(C)N1Cc1ccccc1. The molecular weight excluding hydrogens is 348 g/mol. The van der Waals surface area contributed by atoms with Gasteiger partial charge in [0.1, 0.15) is 5.75 Å². The third-order valence-corrected chi connectivity index (χ3v) is 5.09. The zero-order valence-corrected chi connectivity index (χ0v) is 16.0. The number of halogens is 1. The Morgan fingerprint density at radius 3 is 2.27 bits per heavy atom. The van der Waals surface area contributed by atoms with E-state index in [2.05, 4.69) is 43.0 Å². The summed E-state index contributed by atoms with van der Waals surface area (Å²) in [5.74, 6) is 0.685. The minimum atomic E-state index is 0.0259. The average Bonchev–Trinajstić information content (AvgIpc) is 2.64. The molecule has 1 fully saturated rings. The van der Waals surface area contributed by atoms with Crippen molar-refractivity contribution in [2.24, 2.45) is 0 Å². The van der Waals surface area contributed by atoms with Crippen LogP contribution in [-0.4, -0.2) is 47.5 Å². The number of carbonyl (C=O) groups is 1. The molecule has 1 saturated heterocycles. The van der Waals surface area contributed by atoms with Crippen LogP contribution in [0.15, 0.2) is 54.6 Å². The second-order valence-electron chi connectivity index (χ2n) is 6.90. The minimum Gasteiger partial charge on any atom is -0.484 e. The lowest BCUT2D eigenvalue weighted by atomic mass is 10.1. The van der Waals surface area contributed by atoms with Gasteiger partial charge in [0, 0.05) is 36.7 Å². The van der Waals surface area contributed by atoms with Crippen molar-refractivity contribution in [1.82, 2.24) is 9.80 Å². The summed E-state index contributed by atoms with van der Waals surface area (Å²) in [6.07, 6.45) is 0. The van der Waals surface area contributed by atoms with Crippen molar-refractivity contribution in [3.8, 4) is 5.75 Å². The molecule has 1 aliphatic heterocycles. The molecule has 2 atom stereocenters. The first kappa shape index (κ1) is 18.7. The first-order chi connectivity index (χ1) is 12.5. The monoisotopic (exact) mass is 372 g/mol. The summed E-state index contributed by atoms with van der Waals surface area (Å²) in [5, 5.41) is 0.654. The number of piperazine rings is 1. The maximum atomic E-state index is 12.6. The van der Waals surface area contributed by atoms with E-state index in [9.17, 15) is 4.79 Å². The number of ether oxygens (including phenoxy) is 1. The van der Waals surface area contributed by atoms with Gasteiger partial charge in [-0.1, -0.05) is 41.9 Å². The average molecular weight is 373 g/mol. The molecule has 2 aromatic carbocycles. The standard InChI is InChI=1S/C21H25ClN2O2/c1-16-12-23(21(25)15-26-20-10-8-19(22)9-11-20)13-17(2)24(16)14-18-6-4-3-5-7-18/h3-11,16-17H,12-15H2,1-2H3. The number of hydrogen-bond donors (Lipinski definition) is 0. The Hall–Kier alpha value is -2.04. The second kappa shape index (κ2) is 8.56. The lowest BCUT2D eigenvalue weighted by molar-refractivity contribution is -0.137. The number of benzene rings is 2. The van der Waals surface area contributed by atoms with Crippen molar-refractivity contribution in [3.63, 3.8) is 0 Å². The van der Waals surface area contributed by atoms with Gasteiger partial charge in [-0.15, -0.1) is 0 Å². The van der Waals surface area contributed by atoms with E-state index in [-0.39, 0.29) is 12.5 Å². The van der Waals surface area contributed by atoms with Crippen LogP contribution < -0.4 is 4.74 Å². The Balaban J connectivity index is 1.54. The van der Waals surface area contributed by atoms with E-state index in [1.165, 1.54) is 5.56 Å². The fourth-order valence-corrected chi connectivity index (χ4v) is 3.56. The summed E-state index contributed by atoms with van der Waals surface area (Å²) < 4.78 is 5.61. The lowest BCUT2D eigenvalue weighted by Gasteiger charge is -2.44. The molecule has 0 aromatic heterocycles. The Morgan fingerprint density at radius 2 is 1.65 bits per heavy atom. The highest BCUT2D eigenvalue weighted by molar-refractivity contribution is 6.30. The lowest BCUT2D eigenvalue weighted by Crippen LogP contribution is -2.58. The van der Waals surface area contributed by atoms with Crippen LogP contribution >= 0.6 is 11.6 Å². The highest BCUT2D eigenvalue weighted by Gasteiger charge is 2.31. The van der Waals surface area contributed by atoms with Gasteiger partial charge in [0.15, 0.2) is 6.61 Å². The Kier molecular flexibility index (Phi) is 6.17. The summed E-state index contributed by atoms with van der Waals surface area (Å²) in [7, 11) is 0. The van der Waals surface area contributed by atoms with Crippen molar-refractivity contribution in [2.75, 3.05) is 19.7 Å². The molecule has 138 valence electrons. The van der Waals surface area contributed by atoms with Crippen LogP contribution in [0.2, 0.25) is 5.02 Å². The van der Waals surface area contributed by atoms with Gasteiger partial charge in [-0.2, -0.15) is 0 Å². The molecule has 0 spiro atoms. The van der Waals surface area contributed by atoms with Crippen molar-refractivity contribution < 1.29 is 9.53 Å². The Bertz CT molecular complexity index is 709. The van der Waals surface area contributed by atoms with E-state index in [4.69, 9.17) is 16.3 Å². The first-order valence-corrected chi connectivity index (χ1v) is 9.36. The maximum Gasteiger partial charge on any atom is 0.260 e. The Morgan fingerprint density at radius 1 is 1.04 bits per heavy atom. The number of nitrogens with zero attached hydrogens (tertiary/aromatic N) is 2. The van der Waals surface area contributed by atoms with Crippen LogP contribution in [0.4, 0.5) is 0 Å². The topological polar surface area (TPSA) is 32.8 Å². The molecule has 1 heterocycles. The first-order valence-electron chi connectivity index (χ1n) is 8.98. The number of rotatable bonds is 5. The molecule has 4 nitrogen and oxygen atoms in total. The van der Waals surface area contributed by atoms with E-state index in [0.717, 1.165) is 19.6 Å². The van der Waals surface area contributed by atoms with Gasteiger partial charge in [-0.05, 0) is 43.7 Å². The highest BCUT2D eigenvalue weighted by atomic mass is 35.5. The zero-order valence-electron chi connectivity index (χ0n) is 15.3. The quantitative estimate of drug-likeness (QED) is 0.799. The van der Waals surface area contributed by atoms with E-state index >= 15 is 0 Å². The second-order valence-corrected chi connectivity index (χ2v) is 7.33.